The molecular formula is C21H21BrN2O4S. The summed E-state index contributed by atoms with van der Waals surface area (Å²) >= 11 is 4.74. The Morgan fingerprint density at radius 2 is 1.93 bits per heavy atom. The van der Waals surface area contributed by atoms with Gasteiger partial charge in [0.1, 0.15) is 0 Å². The zero-order valence-corrected chi connectivity index (χ0v) is 18.6. The molecule has 3 aromatic rings. The molecule has 0 aliphatic heterocycles. The SMILES string of the molecule is CCOCCn1c(=NC(=O)c2cccc(Br)c2)sc2cc(C(=O)OCC)ccc21. The number of carbonyl (C=O) groups excluding carboxylic acids is 2. The van der Waals surface area contributed by atoms with Gasteiger partial charge in [0.05, 0.1) is 29.0 Å². The van der Waals surface area contributed by atoms with Crippen LogP contribution in [-0.4, -0.2) is 36.3 Å². The van der Waals surface area contributed by atoms with E-state index in [2.05, 4.69) is 20.9 Å². The van der Waals surface area contributed by atoms with Crippen LogP contribution >= 0.6 is 27.3 Å². The minimum Gasteiger partial charge on any atom is -0.462 e. The first-order valence-electron chi connectivity index (χ1n) is 9.26. The van der Waals surface area contributed by atoms with E-state index in [0.29, 0.717) is 42.3 Å². The molecule has 0 fully saturated rings. The lowest BCUT2D eigenvalue weighted by molar-refractivity contribution is 0.0526. The molecule has 0 spiro atoms. The fraction of sp³-hybridized carbons (Fsp3) is 0.286. The lowest BCUT2D eigenvalue weighted by Crippen LogP contribution is -2.19. The Morgan fingerprint density at radius 1 is 1.10 bits per heavy atom. The predicted octanol–water partition coefficient (Wildman–Crippen LogP) is 4.42. The van der Waals surface area contributed by atoms with Crippen LogP contribution in [0.1, 0.15) is 34.6 Å². The molecule has 0 radical (unpaired) electrons. The van der Waals surface area contributed by atoms with Crippen LogP contribution in [0.15, 0.2) is 51.9 Å². The molecular weight excluding hydrogens is 456 g/mol. The van der Waals surface area contributed by atoms with E-state index in [-0.39, 0.29) is 11.9 Å². The molecule has 1 aromatic heterocycles. The van der Waals surface area contributed by atoms with Gasteiger partial charge in [-0.3, -0.25) is 4.79 Å². The standard InChI is InChI=1S/C21H21BrN2O4S/c1-3-27-11-10-24-17-9-8-15(20(26)28-4-2)13-18(17)29-21(24)23-19(25)14-6-5-7-16(22)12-14/h5-9,12-13H,3-4,10-11H2,1-2H3. The molecule has 2 aromatic carbocycles. The zero-order valence-electron chi connectivity index (χ0n) is 16.2. The minimum atomic E-state index is -0.368. The summed E-state index contributed by atoms with van der Waals surface area (Å²) < 4.78 is 14.2. The van der Waals surface area contributed by atoms with E-state index in [1.165, 1.54) is 11.3 Å². The van der Waals surface area contributed by atoms with Crippen molar-refractivity contribution < 1.29 is 19.1 Å². The number of amides is 1. The van der Waals surface area contributed by atoms with Gasteiger partial charge in [-0.1, -0.05) is 33.3 Å². The molecule has 152 valence electrons. The smallest absolute Gasteiger partial charge is 0.338 e. The molecule has 0 unspecified atom stereocenters. The Morgan fingerprint density at radius 3 is 2.66 bits per heavy atom. The summed E-state index contributed by atoms with van der Waals surface area (Å²) in [5, 5.41) is 0. The first kappa shape index (κ1) is 21.4. The average Bonchev–Trinajstić information content (AvgIpc) is 3.04. The van der Waals surface area contributed by atoms with Gasteiger partial charge in [0.25, 0.3) is 5.91 Å². The monoisotopic (exact) mass is 476 g/mol. The van der Waals surface area contributed by atoms with Crippen LogP contribution in [0.2, 0.25) is 0 Å². The largest absolute Gasteiger partial charge is 0.462 e. The van der Waals surface area contributed by atoms with Crippen LogP contribution in [0, 0.1) is 0 Å². The molecule has 0 saturated carbocycles. The second-order valence-electron chi connectivity index (χ2n) is 6.06. The molecule has 6 nitrogen and oxygen atoms in total. The van der Waals surface area contributed by atoms with Crippen molar-refractivity contribution in [3.8, 4) is 0 Å². The number of ether oxygens (including phenoxy) is 2. The molecule has 1 heterocycles. The van der Waals surface area contributed by atoms with E-state index < -0.39 is 0 Å². The lowest BCUT2D eigenvalue weighted by Gasteiger charge is -2.06. The number of hydrogen-bond acceptors (Lipinski definition) is 5. The third kappa shape index (κ3) is 5.20. The van der Waals surface area contributed by atoms with E-state index in [1.54, 1.807) is 37.3 Å². The summed E-state index contributed by atoms with van der Waals surface area (Å²) in [6.07, 6.45) is 0. The van der Waals surface area contributed by atoms with Crippen molar-refractivity contribution in [2.45, 2.75) is 20.4 Å². The summed E-state index contributed by atoms with van der Waals surface area (Å²) in [5.41, 5.74) is 1.87. The number of carbonyl (C=O) groups is 2. The Kier molecular flexibility index (Phi) is 7.35. The maximum absolute atomic E-state index is 12.7. The molecule has 1 amide bonds. The maximum Gasteiger partial charge on any atom is 0.338 e. The number of aromatic nitrogens is 1. The van der Waals surface area contributed by atoms with E-state index in [1.807, 2.05) is 23.6 Å². The van der Waals surface area contributed by atoms with E-state index in [0.717, 1.165) is 14.7 Å². The van der Waals surface area contributed by atoms with E-state index in [4.69, 9.17) is 9.47 Å². The summed E-state index contributed by atoms with van der Waals surface area (Å²) in [6, 6.07) is 12.5. The molecule has 0 atom stereocenters. The molecule has 29 heavy (non-hydrogen) atoms. The average molecular weight is 477 g/mol. The maximum atomic E-state index is 12.7. The topological polar surface area (TPSA) is 69.9 Å². The number of benzene rings is 2. The normalized spacial score (nSPS) is 11.8. The predicted molar refractivity (Wildman–Crippen MR) is 116 cm³/mol. The van der Waals surface area contributed by atoms with Crippen molar-refractivity contribution in [2.24, 2.45) is 4.99 Å². The van der Waals surface area contributed by atoms with Crippen molar-refractivity contribution in [3.63, 3.8) is 0 Å². The van der Waals surface area contributed by atoms with Crippen LogP contribution in [0.5, 0.6) is 0 Å². The molecule has 0 N–H and O–H groups in total. The second-order valence-corrected chi connectivity index (χ2v) is 7.99. The molecule has 0 bridgehead atoms. The van der Waals surface area contributed by atoms with Gasteiger partial charge in [-0.15, -0.1) is 0 Å². The van der Waals surface area contributed by atoms with Crippen LogP contribution in [0.3, 0.4) is 0 Å². The Hall–Kier alpha value is -2.29. The van der Waals surface area contributed by atoms with Crippen LogP contribution < -0.4 is 4.80 Å². The quantitative estimate of drug-likeness (QED) is 0.373. The third-order valence-electron chi connectivity index (χ3n) is 4.13. The van der Waals surface area contributed by atoms with Crippen molar-refractivity contribution in [2.75, 3.05) is 19.8 Å². The lowest BCUT2D eigenvalue weighted by atomic mass is 10.2. The van der Waals surface area contributed by atoms with Gasteiger partial charge in [0, 0.05) is 23.2 Å². The fourth-order valence-electron chi connectivity index (χ4n) is 2.79. The molecule has 0 aliphatic carbocycles. The van der Waals surface area contributed by atoms with Crippen LogP contribution in [0.4, 0.5) is 0 Å². The summed E-state index contributed by atoms with van der Waals surface area (Å²) in [5.74, 6) is -0.694. The second kappa shape index (κ2) is 9.96. The number of rotatable bonds is 7. The molecule has 0 aliphatic rings. The van der Waals surface area contributed by atoms with Crippen LogP contribution in [-0.2, 0) is 16.0 Å². The highest BCUT2D eigenvalue weighted by atomic mass is 79.9. The number of thiazole rings is 1. The van der Waals surface area contributed by atoms with Gasteiger partial charge in [0.2, 0.25) is 0 Å². The number of esters is 1. The number of halogens is 1. The third-order valence-corrected chi connectivity index (χ3v) is 5.66. The first-order chi connectivity index (χ1) is 14.0. The molecule has 8 heteroatoms. The Balaban J connectivity index is 2.06. The van der Waals surface area contributed by atoms with Gasteiger partial charge in [0.15, 0.2) is 4.80 Å². The van der Waals surface area contributed by atoms with Gasteiger partial charge >= 0.3 is 5.97 Å². The van der Waals surface area contributed by atoms with E-state index in [9.17, 15) is 9.59 Å². The minimum absolute atomic E-state index is 0.317. The van der Waals surface area contributed by atoms with Crippen molar-refractivity contribution in [1.29, 1.82) is 0 Å². The Bertz CT molecular complexity index is 1100. The van der Waals surface area contributed by atoms with Gasteiger partial charge in [-0.2, -0.15) is 4.99 Å². The number of hydrogen-bond donors (Lipinski definition) is 0. The van der Waals surface area contributed by atoms with Crippen LogP contribution in [0.25, 0.3) is 10.2 Å². The highest BCUT2D eigenvalue weighted by Gasteiger charge is 2.13. The van der Waals surface area contributed by atoms with Crippen molar-refractivity contribution in [3.05, 3.63) is 62.9 Å². The molecule has 0 saturated heterocycles. The fourth-order valence-corrected chi connectivity index (χ4v) is 4.28. The highest BCUT2D eigenvalue weighted by Crippen LogP contribution is 2.20. The molecule has 3 rings (SSSR count). The van der Waals surface area contributed by atoms with E-state index >= 15 is 0 Å². The van der Waals surface area contributed by atoms with Gasteiger partial charge in [-0.25, -0.2) is 4.79 Å². The first-order valence-corrected chi connectivity index (χ1v) is 10.9. The summed E-state index contributed by atoms with van der Waals surface area (Å²) in [7, 11) is 0. The summed E-state index contributed by atoms with van der Waals surface area (Å²) in [6.45, 7) is 5.69. The highest BCUT2D eigenvalue weighted by molar-refractivity contribution is 9.10. The Labute approximate surface area is 180 Å². The van der Waals surface area contributed by atoms with Gasteiger partial charge < -0.3 is 14.0 Å². The van der Waals surface area contributed by atoms with Crippen molar-refractivity contribution >= 4 is 49.4 Å². The van der Waals surface area contributed by atoms with Gasteiger partial charge in [-0.05, 0) is 50.2 Å². The van der Waals surface area contributed by atoms with Crippen molar-refractivity contribution in [1.82, 2.24) is 4.57 Å². The number of nitrogens with zero attached hydrogens (tertiary/aromatic N) is 2. The number of fused-ring (bicyclic) bond motifs is 1. The summed E-state index contributed by atoms with van der Waals surface area (Å²) in [4.78, 5) is 29.7. The zero-order chi connectivity index (χ0) is 20.8.